The van der Waals surface area contributed by atoms with Crippen LogP contribution in [0.5, 0.6) is 5.75 Å². The van der Waals surface area contributed by atoms with Crippen molar-refractivity contribution in [1.29, 1.82) is 0 Å². The molecule has 0 amide bonds. The molecule has 0 atom stereocenters. The van der Waals surface area contributed by atoms with Gasteiger partial charge in [-0.2, -0.15) is 12.7 Å². The van der Waals surface area contributed by atoms with E-state index in [4.69, 9.17) is 4.74 Å². The van der Waals surface area contributed by atoms with Crippen molar-refractivity contribution < 1.29 is 13.2 Å². The van der Waals surface area contributed by atoms with Crippen molar-refractivity contribution in [2.45, 2.75) is 38.8 Å². The van der Waals surface area contributed by atoms with Crippen LogP contribution in [0.3, 0.4) is 0 Å². The predicted octanol–water partition coefficient (Wildman–Crippen LogP) is 4.42. The monoisotopic (exact) mass is 413 g/mol. The molecule has 1 aromatic heterocycles. The maximum Gasteiger partial charge on any atom is 0.301 e. The van der Waals surface area contributed by atoms with E-state index in [2.05, 4.69) is 33.7 Å². The Kier molecular flexibility index (Phi) is 5.52. The molecule has 0 spiro atoms. The Hall–Kier alpha value is -2.51. The van der Waals surface area contributed by atoms with Gasteiger partial charge in [0.2, 0.25) is 0 Å². The summed E-state index contributed by atoms with van der Waals surface area (Å²) in [5, 5.41) is 1.22. The Morgan fingerprint density at radius 3 is 2.38 bits per heavy atom. The number of hydrogen-bond donors (Lipinski definition) is 1. The van der Waals surface area contributed by atoms with Gasteiger partial charge in [-0.3, -0.25) is 4.72 Å². The fourth-order valence-corrected chi connectivity index (χ4v) is 5.13. The summed E-state index contributed by atoms with van der Waals surface area (Å²) in [6.07, 6.45) is 3.77. The second-order valence-electron chi connectivity index (χ2n) is 7.71. The molecule has 3 aromatic rings. The lowest BCUT2D eigenvalue weighted by atomic mass is 10.1. The van der Waals surface area contributed by atoms with E-state index in [1.807, 2.05) is 26.0 Å². The van der Waals surface area contributed by atoms with E-state index in [0.29, 0.717) is 24.8 Å². The molecule has 1 aliphatic rings. The standard InChI is InChI=1S/C22H27N3O3S/c1-17(2)28-21-9-7-19(8-10-21)23-29(26,27)24-14-12-20(13-15-24)25-16-11-18-5-3-4-6-22(18)25/h3-11,16-17,20,23H,12-15H2,1-2H3. The van der Waals surface area contributed by atoms with Crippen LogP contribution in [0.25, 0.3) is 10.9 Å². The van der Waals surface area contributed by atoms with Gasteiger partial charge in [0.05, 0.1) is 11.8 Å². The number of aromatic nitrogens is 1. The summed E-state index contributed by atoms with van der Waals surface area (Å²) in [7, 11) is -3.57. The fraction of sp³-hybridized carbons (Fsp3) is 0.364. The predicted molar refractivity (Wildman–Crippen MR) is 117 cm³/mol. The number of ether oxygens (including phenoxy) is 1. The van der Waals surface area contributed by atoms with Gasteiger partial charge in [0.1, 0.15) is 5.75 Å². The van der Waals surface area contributed by atoms with E-state index in [-0.39, 0.29) is 6.10 Å². The molecule has 29 heavy (non-hydrogen) atoms. The van der Waals surface area contributed by atoms with Gasteiger partial charge in [0.25, 0.3) is 0 Å². The molecule has 1 fully saturated rings. The highest BCUT2D eigenvalue weighted by atomic mass is 32.2. The number of piperidine rings is 1. The zero-order chi connectivity index (χ0) is 20.4. The summed E-state index contributed by atoms with van der Waals surface area (Å²) < 4.78 is 37.7. The minimum absolute atomic E-state index is 0.0799. The first kappa shape index (κ1) is 19.8. The minimum Gasteiger partial charge on any atom is -0.491 e. The molecule has 0 saturated carbocycles. The highest BCUT2D eigenvalue weighted by Crippen LogP contribution is 2.29. The zero-order valence-corrected chi connectivity index (χ0v) is 17.6. The first-order valence-electron chi connectivity index (χ1n) is 10.0. The number of benzene rings is 2. The van der Waals surface area contributed by atoms with Crippen molar-refractivity contribution in [2.24, 2.45) is 0 Å². The van der Waals surface area contributed by atoms with Crippen LogP contribution in [0.1, 0.15) is 32.7 Å². The molecular weight excluding hydrogens is 386 g/mol. The van der Waals surface area contributed by atoms with Crippen molar-refractivity contribution in [3.8, 4) is 5.75 Å². The van der Waals surface area contributed by atoms with Crippen LogP contribution in [-0.2, 0) is 10.2 Å². The number of nitrogens with zero attached hydrogens (tertiary/aromatic N) is 2. The Morgan fingerprint density at radius 2 is 1.69 bits per heavy atom. The Bertz CT molecular complexity index is 1070. The van der Waals surface area contributed by atoms with Crippen LogP contribution in [0.15, 0.2) is 60.8 Å². The molecule has 1 aliphatic heterocycles. The van der Waals surface area contributed by atoms with Gasteiger partial charge in [-0.1, -0.05) is 18.2 Å². The lowest BCUT2D eigenvalue weighted by molar-refractivity contribution is 0.242. The zero-order valence-electron chi connectivity index (χ0n) is 16.8. The molecule has 6 nitrogen and oxygen atoms in total. The lowest BCUT2D eigenvalue weighted by Gasteiger charge is -2.32. The summed E-state index contributed by atoms with van der Waals surface area (Å²) in [4.78, 5) is 0. The third-order valence-corrected chi connectivity index (χ3v) is 6.80. The summed E-state index contributed by atoms with van der Waals surface area (Å²) in [6.45, 7) is 4.91. The average molecular weight is 414 g/mol. The summed E-state index contributed by atoms with van der Waals surface area (Å²) in [6, 6.07) is 17.7. The van der Waals surface area contributed by atoms with E-state index in [0.717, 1.165) is 18.6 Å². The normalized spacial score (nSPS) is 16.4. The Labute approximate surface area is 172 Å². The summed E-state index contributed by atoms with van der Waals surface area (Å²) in [5.74, 6) is 0.725. The van der Waals surface area contributed by atoms with Gasteiger partial charge in [0, 0.05) is 30.8 Å². The number of rotatable bonds is 6. The average Bonchev–Trinajstić information content (AvgIpc) is 3.13. The van der Waals surface area contributed by atoms with E-state index < -0.39 is 10.2 Å². The minimum atomic E-state index is -3.57. The number of anilines is 1. The van der Waals surface area contributed by atoms with Gasteiger partial charge >= 0.3 is 10.2 Å². The summed E-state index contributed by atoms with van der Waals surface area (Å²) in [5.41, 5.74) is 1.75. The largest absolute Gasteiger partial charge is 0.491 e. The van der Waals surface area contributed by atoms with Gasteiger partial charge < -0.3 is 9.30 Å². The van der Waals surface area contributed by atoms with Crippen molar-refractivity contribution in [2.75, 3.05) is 17.8 Å². The van der Waals surface area contributed by atoms with E-state index >= 15 is 0 Å². The molecule has 1 N–H and O–H groups in total. The van der Waals surface area contributed by atoms with E-state index in [1.165, 1.54) is 15.2 Å². The molecule has 4 rings (SSSR count). The van der Waals surface area contributed by atoms with Crippen molar-refractivity contribution in [1.82, 2.24) is 8.87 Å². The van der Waals surface area contributed by atoms with E-state index in [1.54, 1.807) is 24.3 Å². The molecular formula is C22H27N3O3S. The first-order valence-corrected chi connectivity index (χ1v) is 11.5. The van der Waals surface area contributed by atoms with Crippen LogP contribution >= 0.6 is 0 Å². The van der Waals surface area contributed by atoms with Gasteiger partial charge in [-0.25, -0.2) is 0 Å². The SMILES string of the molecule is CC(C)Oc1ccc(NS(=O)(=O)N2CCC(n3ccc4ccccc43)CC2)cc1. The van der Waals surface area contributed by atoms with Crippen LogP contribution in [0.2, 0.25) is 0 Å². The second-order valence-corrected chi connectivity index (χ2v) is 9.38. The number of para-hydroxylation sites is 1. The first-order chi connectivity index (χ1) is 13.9. The molecule has 7 heteroatoms. The molecule has 2 aromatic carbocycles. The molecule has 0 bridgehead atoms. The maximum absolute atomic E-state index is 12.8. The number of fused-ring (bicyclic) bond motifs is 1. The van der Waals surface area contributed by atoms with Gasteiger partial charge in [-0.15, -0.1) is 0 Å². The topological polar surface area (TPSA) is 63.6 Å². The van der Waals surface area contributed by atoms with Crippen molar-refractivity contribution >= 4 is 26.8 Å². The lowest BCUT2D eigenvalue weighted by Crippen LogP contribution is -2.41. The highest BCUT2D eigenvalue weighted by Gasteiger charge is 2.29. The van der Waals surface area contributed by atoms with Gasteiger partial charge in [-0.05, 0) is 68.5 Å². The molecule has 0 unspecified atom stereocenters. The Balaban J connectivity index is 1.39. The fourth-order valence-electron chi connectivity index (χ4n) is 3.87. The smallest absolute Gasteiger partial charge is 0.301 e. The molecule has 0 aliphatic carbocycles. The van der Waals surface area contributed by atoms with Crippen molar-refractivity contribution in [3.63, 3.8) is 0 Å². The molecule has 2 heterocycles. The van der Waals surface area contributed by atoms with Crippen LogP contribution < -0.4 is 9.46 Å². The molecule has 0 radical (unpaired) electrons. The highest BCUT2D eigenvalue weighted by molar-refractivity contribution is 7.90. The van der Waals surface area contributed by atoms with Crippen LogP contribution in [0, 0.1) is 0 Å². The van der Waals surface area contributed by atoms with Crippen LogP contribution in [-0.4, -0.2) is 36.5 Å². The quantitative estimate of drug-likeness (QED) is 0.651. The molecule has 154 valence electrons. The maximum atomic E-state index is 12.8. The van der Waals surface area contributed by atoms with E-state index in [9.17, 15) is 8.42 Å². The third kappa shape index (κ3) is 4.41. The van der Waals surface area contributed by atoms with Crippen molar-refractivity contribution in [3.05, 3.63) is 60.8 Å². The third-order valence-electron chi connectivity index (χ3n) is 5.26. The second kappa shape index (κ2) is 8.08. The number of hydrogen-bond acceptors (Lipinski definition) is 3. The number of nitrogens with one attached hydrogen (secondary N) is 1. The van der Waals surface area contributed by atoms with Crippen LogP contribution in [0.4, 0.5) is 5.69 Å². The van der Waals surface area contributed by atoms with Gasteiger partial charge in [0.15, 0.2) is 0 Å². The molecule has 1 saturated heterocycles. The summed E-state index contributed by atoms with van der Waals surface area (Å²) >= 11 is 0. The Morgan fingerprint density at radius 1 is 1.00 bits per heavy atom.